The number of hydrogen-bond acceptors (Lipinski definition) is 0. The van der Waals surface area contributed by atoms with E-state index in [1.165, 1.54) is 37.7 Å². The molecule has 1 aliphatic carbocycles. The van der Waals surface area contributed by atoms with Gasteiger partial charge in [0, 0.05) is 5.56 Å². The van der Waals surface area contributed by atoms with E-state index in [9.17, 15) is 4.39 Å². The van der Waals surface area contributed by atoms with E-state index in [2.05, 4.69) is 24.3 Å². The lowest BCUT2D eigenvalue weighted by molar-refractivity contribution is 0.443. The molecule has 0 nitrogen and oxygen atoms in total. The molecule has 2 radical (unpaired) electrons. The predicted octanol–water partition coefficient (Wildman–Crippen LogP) is 6.00. The van der Waals surface area contributed by atoms with Gasteiger partial charge in [-0.15, -0.1) is 0 Å². The molecule has 0 spiro atoms. The lowest BCUT2D eigenvalue weighted by atomic mass is 9.83. The summed E-state index contributed by atoms with van der Waals surface area (Å²) in [7, 11) is 5.72. The Balaban J connectivity index is 1.58. The molecule has 0 heterocycles. The van der Waals surface area contributed by atoms with Crippen LogP contribution in [0.1, 0.15) is 43.6 Å². The van der Waals surface area contributed by atoms with Crippen LogP contribution in [-0.4, -0.2) is 7.85 Å². The van der Waals surface area contributed by atoms with Crippen molar-refractivity contribution >= 4 is 13.3 Å². The van der Waals surface area contributed by atoms with Crippen LogP contribution in [-0.2, 0) is 0 Å². The van der Waals surface area contributed by atoms with Crippen LogP contribution in [0, 0.1) is 5.82 Å². The van der Waals surface area contributed by atoms with Crippen LogP contribution in [0.25, 0.3) is 22.3 Å². The molecule has 128 valence electrons. The molecule has 0 bridgehead atoms. The van der Waals surface area contributed by atoms with Gasteiger partial charge in [0.1, 0.15) is 13.7 Å². The van der Waals surface area contributed by atoms with Crippen LogP contribution in [0.15, 0.2) is 66.7 Å². The smallest absolute Gasteiger partial charge is 0.131 e. The highest BCUT2D eigenvalue weighted by Crippen LogP contribution is 2.34. The van der Waals surface area contributed by atoms with E-state index in [4.69, 9.17) is 7.85 Å². The van der Waals surface area contributed by atoms with Gasteiger partial charge in [-0.25, -0.2) is 4.39 Å². The van der Waals surface area contributed by atoms with Crippen molar-refractivity contribution in [3.8, 4) is 22.3 Å². The number of hydrogen-bond donors (Lipinski definition) is 0. The Morgan fingerprint density at radius 3 is 1.96 bits per heavy atom. The van der Waals surface area contributed by atoms with Crippen molar-refractivity contribution in [1.82, 2.24) is 0 Å². The zero-order valence-corrected chi connectivity index (χ0v) is 14.9. The molecule has 3 aromatic rings. The fourth-order valence-electron chi connectivity index (χ4n) is 3.98. The zero-order chi connectivity index (χ0) is 17.9. The Labute approximate surface area is 156 Å². The Hall–Kier alpha value is -2.35. The molecule has 26 heavy (non-hydrogen) atoms. The second kappa shape index (κ2) is 7.49. The molecular formula is C24H22BF. The lowest BCUT2D eigenvalue weighted by Gasteiger charge is -2.22. The Bertz CT molecular complexity index is 875. The first kappa shape index (κ1) is 17.1. The first-order chi connectivity index (χ1) is 12.7. The molecule has 0 aromatic heterocycles. The van der Waals surface area contributed by atoms with Gasteiger partial charge in [-0.05, 0) is 47.1 Å². The van der Waals surface area contributed by atoms with Crippen molar-refractivity contribution in [2.45, 2.75) is 38.0 Å². The lowest BCUT2D eigenvalue weighted by Crippen LogP contribution is -2.04. The quantitative estimate of drug-likeness (QED) is 0.513. The highest BCUT2D eigenvalue weighted by Gasteiger charge is 2.15. The van der Waals surface area contributed by atoms with Crippen LogP contribution >= 0.6 is 0 Å². The maximum Gasteiger partial charge on any atom is 0.131 e. The van der Waals surface area contributed by atoms with Crippen LogP contribution in [0.3, 0.4) is 0 Å². The summed E-state index contributed by atoms with van der Waals surface area (Å²) in [4.78, 5) is 0. The Morgan fingerprint density at radius 2 is 1.31 bits per heavy atom. The van der Waals surface area contributed by atoms with E-state index in [1.54, 1.807) is 18.2 Å². The maximum absolute atomic E-state index is 14.7. The van der Waals surface area contributed by atoms with Gasteiger partial charge in [0.15, 0.2) is 0 Å². The minimum atomic E-state index is -0.205. The fourth-order valence-corrected chi connectivity index (χ4v) is 3.98. The second-order valence-electron chi connectivity index (χ2n) is 7.27. The molecule has 1 fully saturated rings. The van der Waals surface area contributed by atoms with Crippen molar-refractivity contribution in [1.29, 1.82) is 0 Å². The van der Waals surface area contributed by atoms with E-state index in [-0.39, 0.29) is 5.82 Å². The first-order valence-electron chi connectivity index (χ1n) is 9.46. The highest BCUT2D eigenvalue weighted by molar-refractivity contribution is 6.32. The summed E-state index contributed by atoms with van der Waals surface area (Å²) in [5, 5.41) is 0. The van der Waals surface area contributed by atoms with Gasteiger partial charge in [0.25, 0.3) is 0 Å². The third kappa shape index (κ3) is 3.60. The monoisotopic (exact) mass is 340 g/mol. The predicted molar refractivity (Wildman–Crippen MR) is 108 cm³/mol. The van der Waals surface area contributed by atoms with Crippen LogP contribution < -0.4 is 5.46 Å². The summed E-state index contributed by atoms with van der Waals surface area (Å²) >= 11 is 0. The molecule has 3 aromatic carbocycles. The topological polar surface area (TPSA) is 0 Å². The molecule has 0 N–H and O–H groups in total. The molecule has 2 heteroatoms. The van der Waals surface area contributed by atoms with Crippen molar-refractivity contribution < 1.29 is 4.39 Å². The van der Waals surface area contributed by atoms with E-state index < -0.39 is 0 Å². The van der Waals surface area contributed by atoms with Crippen molar-refractivity contribution in [3.05, 3.63) is 78.1 Å². The average molecular weight is 340 g/mol. The number of benzene rings is 3. The Kier molecular flexibility index (Phi) is 4.92. The third-order valence-electron chi connectivity index (χ3n) is 5.51. The molecule has 1 saturated carbocycles. The largest absolute Gasteiger partial charge is 0.206 e. The number of halogens is 1. The van der Waals surface area contributed by atoms with Crippen LogP contribution in [0.5, 0.6) is 0 Å². The van der Waals surface area contributed by atoms with Gasteiger partial charge in [0.2, 0.25) is 0 Å². The summed E-state index contributed by atoms with van der Waals surface area (Å²) in [6, 6.07) is 21.5. The highest BCUT2D eigenvalue weighted by atomic mass is 19.1. The normalized spacial score (nSPS) is 15.1. The third-order valence-corrected chi connectivity index (χ3v) is 5.51. The van der Waals surface area contributed by atoms with Gasteiger partial charge in [0.05, 0.1) is 0 Å². The van der Waals surface area contributed by atoms with E-state index in [0.29, 0.717) is 16.9 Å². The van der Waals surface area contributed by atoms with Gasteiger partial charge < -0.3 is 0 Å². The molecule has 0 saturated heterocycles. The minimum Gasteiger partial charge on any atom is -0.206 e. The van der Waals surface area contributed by atoms with Crippen molar-refractivity contribution in [3.63, 3.8) is 0 Å². The van der Waals surface area contributed by atoms with Gasteiger partial charge >= 0.3 is 0 Å². The van der Waals surface area contributed by atoms with Gasteiger partial charge in [-0.1, -0.05) is 85.4 Å². The molecule has 4 rings (SSSR count). The van der Waals surface area contributed by atoms with Crippen LogP contribution in [0.2, 0.25) is 0 Å². The molecule has 1 aliphatic rings. The second-order valence-corrected chi connectivity index (χ2v) is 7.27. The molecule has 0 unspecified atom stereocenters. The van der Waals surface area contributed by atoms with Crippen molar-refractivity contribution in [2.75, 3.05) is 0 Å². The minimum absolute atomic E-state index is 0.205. The summed E-state index contributed by atoms with van der Waals surface area (Å²) in [6.45, 7) is 0. The zero-order valence-electron chi connectivity index (χ0n) is 14.9. The summed E-state index contributed by atoms with van der Waals surface area (Å²) in [6.07, 6.45) is 6.64. The van der Waals surface area contributed by atoms with Gasteiger partial charge in [-0.3, -0.25) is 0 Å². The maximum atomic E-state index is 14.7. The molecule has 0 atom stereocenters. The average Bonchev–Trinajstić information content (AvgIpc) is 2.70. The standard InChI is InChI=1S/C24H22BF/c25-22-13-10-20(11-14-22)23-15-12-21(16-24(23)26)19-8-6-18(7-9-19)17-4-2-1-3-5-17/h6-17H,1-5H2. The summed E-state index contributed by atoms with van der Waals surface area (Å²) < 4.78 is 14.7. The van der Waals surface area contributed by atoms with Crippen molar-refractivity contribution in [2.24, 2.45) is 0 Å². The first-order valence-corrected chi connectivity index (χ1v) is 9.46. The molecule has 0 aliphatic heterocycles. The summed E-state index contributed by atoms with van der Waals surface area (Å²) in [5.41, 5.74) is 5.53. The molecule has 0 amide bonds. The van der Waals surface area contributed by atoms with E-state index >= 15 is 0 Å². The van der Waals surface area contributed by atoms with Crippen LogP contribution in [0.4, 0.5) is 4.39 Å². The number of rotatable bonds is 3. The summed E-state index contributed by atoms with van der Waals surface area (Å²) in [5.74, 6) is 0.492. The van der Waals surface area contributed by atoms with E-state index in [0.717, 1.165) is 16.7 Å². The van der Waals surface area contributed by atoms with Gasteiger partial charge in [-0.2, -0.15) is 0 Å². The SMILES string of the molecule is [B]c1ccc(-c2ccc(-c3ccc(C4CCCCC4)cc3)cc2F)cc1. The Morgan fingerprint density at radius 1 is 0.692 bits per heavy atom. The molecular weight excluding hydrogens is 318 g/mol. The fraction of sp³-hybridized carbons (Fsp3) is 0.250. The van der Waals surface area contributed by atoms with E-state index in [1.807, 2.05) is 24.3 Å².